The van der Waals surface area contributed by atoms with E-state index in [1.54, 1.807) is 18.9 Å². The monoisotopic (exact) mass is 250 g/mol. The van der Waals surface area contributed by atoms with Gasteiger partial charge in [-0.1, -0.05) is 0 Å². The summed E-state index contributed by atoms with van der Waals surface area (Å²) in [4.78, 5) is 25.3. The van der Waals surface area contributed by atoms with E-state index in [2.05, 4.69) is 0 Å². The molecule has 1 aliphatic heterocycles. The van der Waals surface area contributed by atoms with Crippen molar-refractivity contribution < 1.29 is 14.3 Å². The molecular formula is C13H18N2O3. The average molecular weight is 250 g/mol. The van der Waals surface area contributed by atoms with Gasteiger partial charge in [-0.3, -0.25) is 9.59 Å². The maximum absolute atomic E-state index is 12.0. The molecule has 1 aromatic rings. The molecule has 1 aliphatic rings. The van der Waals surface area contributed by atoms with Crippen molar-refractivity contribution in [3.05, 3.63) is 23.0 Å². The zero-order chi connectivity index (χ0) is 13.3. The van der Waals surface area contributed by atoms with Gasteiger partial charge in [0.15, 0.2) is 0 Å². The summed E-state index contributed by atoms with van der Waals surface area (Å²) in [5.41, 5.74) is 2.59. The van der Waals surface area contributed by atoms with E-state index >= 15 is 0 Å². The Hall–Kier alpha value is -1.78. The summed E-state index contributed by atoms with van der Waals surface area (Å²) in [6.45, 7) is 4.95. The number of carbonyl (C=O) groups excluding carboxylic acids is 2. The number of rotatable bonds is 3. The van der Waals surface area contributed by atoms with Gasteiger partial charge in [-0.2, -0.15) is 0 Å². The molecule has 0 fully saturated rings. The van der Waals surface area contributed by atoms with Crippen LogP contribution in [0.25, 0.3) is 0 Å². The number of aryl methyl sites for hydroxylation is 1. The Kier molecular flexibility index (Phi) is 3.41. The van der Waals surface area contributed by atoms with Gasteiger partial charge in [-0.15, -0.1) is 0 Å². The molecule has 18 heavy (non-hydrogen) atoms. The van der Waals surface area contributed by atoms with Gasteiger partial charge in [0, 0.05) is 31.4 Å². The number of hydrogen-bond donors (Lipinski definition) is 0. The van der Waals surface area contributed by atoms with Gasteiger partial charge in [-0.05, 0) is 19.9 Å². The van der Waals surface area contributed by atoms with Crippen LogP contribution >= 0.6 is 0 Å². The second-order valence-electron chi connectivity index (χ2n) is 4.51. The lowest BCUT2D eigenvalue weighted by atomic mass is 10.1. The third-order valence-corrected chi connectivity index (χ3v) is 3.27. The molecule has 0 aliphatic carbocycles. The highest BCUT2D eigenvalue weighted by Crippen LogP contribution is 2.22. The van der Waals surface area contributed by atoms with Crippen molar-refractivity contribution in [3.8, 4) is 0 Å². The van der Waals surface area contributed by atoms with Gasteiger partial charge < -0.3 is 14.2 Å². The largest absolute Gasteiger partial charge is 0.465 e. The quantitative estimate of drug-likeness (QED) is 0.752. The molecule has 2 heterocycles. The highest BCUT2D eigenvalue weighted by atomic mass is 16.5. The summed E-state index contributed by atoms with van der Waals surface area (Å²) in [6.07, 6.45) is 0.783. The van der Waals surface area contributed by atoms with E-state index in [4.69, 9.17) is 4.74 Å². The SMILES string of the molecule is CCOC(=O)Cn1c(C)cc2c1CCN(C)C2=O. The number of ether oxygens (including phenoxy) is 1. The number of likely N-dealkylation sites (N-methyl/N-ethyl adjacent to an activating group) is 1. The highest BCUT2D eigenvalue weighted by molar-refractivity contribution is 5.96. The summed E-state index contributed by atoms with van der Waals surface area (Å²) in [5.74, 6) is -0.229. The summed E-state index contributed by atoms with van der Waals surface area (Å²) >= 11 is 0. The Bertz CT molecular complexity index is 491. The summed E-state index contributed by atoms with van der Waals surface area (Å²) in [6, 6.07) is 1.85. The molecular weight excluding hydrogens is 232 g/mol. The van der Waals surface area contributed by atoms with Crippen LogP contribution in [0.4, 0.5) is 0 Å². The van der Waals surface area contributed by atoms with Crippen molar-refractivity contribution in [1.29, 1.82) is 0 Å². The Morgan fingerprint density at radius 2 is 2.22 bits per heavy atom. The normalized spacial score (nSPS) is 14.6. The van der Waals surface area contributed by atoms with Crippen LogP contribution < -0.4 is 0 Å². The Labute approximate surface area is 106 Å². The van der Waals surface area contributed by atoms with E-state index in [9.17, 15) is 9.59 Å². The molecule has 0 saturated heterocycles. The maximum Gasteiger partial charge on any atom is 0.325 e. The number of carbonyl (C=O) groups is 2. The van der Waals surface area contributed by atoms with Crippen molar-refractivity contribution in [2.45, 2.75) is 26.8 Å². The molecule has 1 amide bonds. The molecule has 98 valence electrons. The number of amides is 1. The minimum Gasteiger partial charge on any atom is -0.465 e. The number of esters is 1. The lowest BCUT2D eigenvalue weighted by Crippen LogP contribution is -2.34. The summed E-state index contributed by atoms with van der Waals surface area (Å²) in [7, 11) is 1.79. The fourth-order valence-corrected chi connectivity index (χ4v) is 2.32. The number of nitrogens with zero attached hydrogens (tertiary/aromatic N) is 2. The van der Waals surface area contributed by atoms with Crippen LogP contribution in [0.3, 0.4) is 0 Å². The molecule has 0 radical (unpaired) electrons. The fraction of sp³-hybridized carbons (Fsp3) is 0.538. The van der Waals surface area contributed by atoms with Crippen LogP contribution in [0.1, 0.15) is 28.7 Å². The molecule has 0 saturated carbocycles. The molecule has 0 N–H and O–H groups in total. The van der Waals surface area contributed by atoms with E-state index in [1.165, 1.54) is 0 Å². The van der Waals surface area contributed by atoms with E-state index in [-0.39, 0.29) is 18.4 Å². The van der Waals surface area contributed by atoms with Gasteiger partial charge in [0.2, 0.25) is 0 Å². The number of fused-ring (bicyclic) bond motifs is 1. The van der Waals surface area contributed by atoms with Crippen molar-refractivity contribution in [3.63, 3.8) is 0 Å². The van der Waals surface area contributed by atoms with E-state index in [0.717, 1.165) is 17.8 Å². The zero-order valence-electron chi connectivity index (χ0n) is 11.0. The topological polar surface area (TPSA) is 51.5 Å². The first-order valence-electron chi connectivity index (χ1n) is 6.14. The molecule has 0 aromatic carbocycles. The van der Waals surface area contributed by atoms with Crippen LogP contribution in [-0.2, 0) is 22.5 Å². The summed E-state index contributed by atoms with van der Waals surface area (Å²) in [5, 5.41) is 0. The van der Waals surface area contributed by atoms with Crippen molar-refractivity contribution in [2.75, 3.05) is 20.2 Å². The standard InChI is InChI=1S/C13H18N2O3/c1-4-18-12(16)8-15-9(2)7-10-11(15)5-6-14(3)13(10)17/h7H,4-6,8H2,1-3H3. The van der Waals surface area contributed by atoms with Crippen LogP contribution in [0.2, 0.25) is 0 Å². The Morgan fingerprint density at radius 3 is 2.89 bits per heavy atom. The second-order valence-corrected chi connectivity index (χ2v) is 4.51. The van der Waals surface area contributed by atoms with Gasteiger partial charge in [-0.25, -0.2) is 0 Å². The van der Waals surface area contributed by atoms with Crippen molar-refractivity contribution in [1.82, 2.24) is 9.47 Å². The summed E-state index contributed by atoms with van der Waals surface area (Å²) < 4.78 is 6.84. The number of hydrogen-bond acceptors (Lipinski definition) is 3. The molecule has 1 aromatic heterocycles. The Morgan fingerprint density at radius 1 is 1.50 bits per heavy atom. The maximum atomic E-state index is 12.0. The predicted molar refractivity (Wildman–Crippen MR) is 66.5 cm³/mol. The molecule has 0 spiro atoms. The first-order valence-corrected chi connectivity index (χ1v) is 6.14. The van der Waals surface area contributed by atoms with Crippen LogP contribution in [0.15, 0.2) is 6.07 Å². The van der Waals surface area contributed by atoms with Gasteiger partial charge >= 0.3 is 5.97 Å². The highest BCUT2D eigenvalue weighted by Gasteiger charge is 2.26. The second kappa shape index (κ2) is 4.84. The van der Waals surface area contributed by atoms with Gasteiger partial charge in [0.25, 0.3) is 5.91 Å². The van der Waals surface area contributed by atoms with E-state index < -0.39 is 0 Å². The first-order chi connectivity index (χ1) is 8.54. The van der Waals surface area contributed by atoms with Crippen LogP contribution in [0.5, 0.6) is 0 Å². The fourth-order valence-electron chi connectivity index (χ4n) is 2.32. The van der Waals surface area contributed by atoms with Crippen LogP contribution in [0, 0.1) is 6.92 Å². The minimum absolute atomic E-state index is 0.0296. The zero-order valence-corrected chi connectivity index (χ0v) is 11.0. The average Bonchev–Trinajstić information content (AvgIpc) is 2.63. The van der Waals surface area contributed by atoms with E-state index in [0.29, 0.717) is 18.7 Å². The minimum atomic E-state index is -0.259. The smallest absolute Gasteiger partial charge is 0.325 e. The van der Waals surface area contributed by atoms with Crippen LogP contribution in [-0.4, -0.2) is 41.5 Å². The third-order valence-electron chi connectivity index (χ3n) is 3.27. The van der Waals surface area contributed by atoms with E-state index in [1.807, 2.05) is 17.6 Å². The first kappa shape index (κ1) is 12.7. The molecule has 2 rings (SSSR count). The van der Waals surface area contributed by atoms with Gasteiger partial charge in [0.1, 0.15) is 6.54 Å². The lowest BCUT2D eigenvalue weighted by molar-refractivity contribution is -0.143. The molecule has 0 bridgehead atoms. The third kappa shape index (κ3) is 2.12. The molecule has 0 unspecified atom stereocenters. The Balaban J connectivity index is 2.30. The van der Waals surface area contributed by atoms with Crippen molar-refractivity contribution in [2.24, 2.45) is 0 Å². The lowest BCUT2D eigenvalue weighted by Gasteiger charge is -2.23. The predicted octanol–water partition coefficient (Wildman–Crippen LogP) is 0.988. The van der Waals surface area contributed by atoms with Crippen molar-refractivity contribution >= 4 is 11.9 Å². The van der Waals surface area contributed by atoms with Gasteiger partial charge in [0.05, 0.1) is 12.2 Å². The molecule has 5 nitrogen and oxygen atoms in total. The molecule has 0 atom stereocenters. The molecule has 5 heteroatoms. The number of aromatic nitrogens is 1.